The summed E-state index contributed by atoms with van der Waals surface area (Å²) in [5.41, 5.74) is 1.60. The van der Waals surface area contributed by atoms with E-state index in [0.717, 1.165) is 22.0 Å². The van der Waals surface area contributed by atoms with Crippen molar-refractivity contribution in [1.29, 1.82) is 0 Å². The van der Waals surface area contributed by atoms with Crippen LogP contribution >= 0.6 is 11.3 Å². The highest BCUT2D eigenvalue weighted by Gasteiger charge is 2.17. The Bertz CT molecular complexity index is 996. The highest BCUT2D eigenvalue weighted by atomic mass is 32.1. The Morgan fingerprint density at radius 3 is 2.71 bits per heavy atom. The van der Waals surface area contributed by atoms with Crippen molar-refractivity contribution in [2.45, 2.75) is 0 Å². The number of benzene rings is 1. The Morgan fingerprint density at radius 2 is 1.96 bits per heavy atom. The van der Waals surface area contributed by atoms with Gasteiger partial charge in [-0.2, -0.15) is 9.61 Å². The van der Waals surface area contributed by atoms with E-state index in [1.807, 2.05) is 36.4 Å². The molecule has 0 saturated heterocycles. The van der Waals surface area contributed by atoms with E-state index in [1.165, 1.54) is 11.3 Å². The second-order valence-electron chi connectivity index (χ2n) is 4.91. The van der Waals surface area contributed by atoms with Gasteiger partial charge >= 0.3 is 0 Å². The molecular formula is C16H13N5O2S. The van der Waals surface area contributed by atoms with Crippen LogP contribution < -0.4 is 9.47 Å². The number of fused-ring (bicyclic) bond motifs is 1. The van der Waals surface area contributed by atoms with E-state index in [1.54, 1.807) is 24.9 Å². The maximum absolute atomic E-state index is 5.46. The molecule has 0 spiro atoms. The molecule has 0 fully saturated rings. The molecular weight excluding hydrogens is 326 g/mol. The summed E-state index contributed by atoms with van der Waals surface area (Å²) >= 11 is 1.44. The van der Waals surface area contributed by atoms with Gasteiger partial charge in [-0.3, -0.25) is 4.98 Å². The Balaban J connectivity index is 1.83. The van der Waals surface area contributed by atoms with Crippen molar-refractivity contribution in [3.63, 3.8) is 0 Å². The highest BCUT2D eigenvalue weighted by Crippen LogP contribution is 2.36. The molecule has 0 aliphatic rings. The zero-order chi connectivity index (χ0) is 16.5. The van der Waals surface area contributed by atoms with Crippen molar-refractivity contribution in [3.05, 3.63) is 42.6 Å². The minimum atomic E-state index is 0.612. The largest absolute Gasteiger partial charge is 0.497 e. The topological polar surface area (TPSA) is 74.4 Å². The number of rotatable bonds is 4. The lowest BCUT2D eigenvalue weighted by Crippen LogP contribution is -1.94. The van der Waals surface area contributed by atoms with E-state index in [2.05, 4.69) is 20.3 Å². The van der Waals surface area contributed by atoms with E-state index in [9.17, 15) is 0 Å². The lowest BCUT2D eigenvalue weighted by Gasteiger charge is -2.07. The molecule has 0 N–H and O–H groups in total. The molecule has 0 atom stereocenters. The van der Waals surface area contributed by atoms with Crippen LogP contribution in [-0.2, 0) is 0 Å². The third-order valence-electron chi connectivity index (χ3n) is 3.52. The van der Waals surface area contributed by atoms with Crippen LogP contribution in [0.1, 0.15) is 0 Å². The van der Waals surface area contributed by atoms with Crippen LogP contribution in [0.25, 0.3) is 27.1 Å². The Labute approximate surface area is 141 Å². The standard InChI is InChI=1S/C16H13N5O2S/c1-22-10-6-7-11(13(9-10)23-2)15-20-21-14(18-19-16(21)24-15)12-5-3-4-8-17-12/h3-9H,1-2H3. The van der Waals surface area contributed by atoms with Crippen LogP contribution in [0.5, 0.6) is 11.5 Å². The normalized spacial score (nSPS) is 10.9. The lowest BCUT2D eigenvalue weighted by atomic mass is 10.2. The number of methoxy groups -OCH3 is 2. The molecule has 0 aliphatic heterocycles. The molecule has 7 nitrogen and oxygen atoms in total. The van der Waals surface area contributed by atoms with Crippen molar-refractivity contribution in [3.8, 4) is 33.6 Å². The van der Waals surface area contributed by atoms with Gasteiger partial charge in [0, 0.05) is 12.3 Å². The minimum absolute atomic E-state index is 0.612. The van der Waals surface area contributed by atoms with E-state index in [4.69, 9.17) is 9.47 Å². The smallest absolute Gasteiger partial charge is 0.235 e. The molecule has 0 unspecified atom stereocenters. The van der Waals surface area contributed by atoms with Crippen molar-refractivity contribution in [2.75, 3.05) is 14.2 Å². The molecule has 0 aliphatic carbocycles. The van der Waals surface area contributed by atoms with E-state index < -0.39 is 0 Å². The first-order valence-electron chi connectivity index (χ1n) is 7.16. The van der Waals surface area contributed by atoms with Gasteiger partial charge in [0.15, 0.2) is 5.01 Å². The van der Waals surface area contributed by atoms with Crippen molar-refractivity contribution in [1.82, 2.24) is 24.8 Å². The summed E-state index contributed by atoms with van der Waals surface area (Å²) < 4.78 is 12.4. The summed E-state index contributed by atoms with van der Waals surface area (Å²) in [6, 6.07) is 11.3. The average molecular weight is 339 g/mol. The predicted molar refractivity (Wildman–Crippen MR) is 90.4 cm³/mol. The van der Waals surface area contributed by atoms with Gasteiger partial charge in [-0.1, -0.05) is 17.4 Å². The molecule has 0 amide bonds. The molecule has 1 aromatic carbocycles. The van der Waals surface area contributed by atoms with Crippen LogP contribution in [0.3, 0.4) is 0 Å². The van der Waals surface area contributed by atoms with Gasteiger partial charge in [0.2, 0.25) is 10.8 Å². The molecule has 3 heterocycles. The van der Waals surface area contributed by atoms with Gasteiger partial charge in [0.1, 0.15) is 17.2 Å². The minimum Gasteiger partial charge on any atom is -0.497 e. The van der Waals surface area contributed by atoms with Gasteiger partial charge in [-0.25, -0.2) is 0 Å². The van der Waals surface area contributed by atoms with Gasteiger partial charge in [-0.15, -0.1) is 10.2 Å². The fourth-order valence-corrected chi connectivity index (χ4v) is 3.23. The predicted octanol–water partition coefficient (Wildman–Crippen LogP) is 2.93. The number of hydrogen-bond donors (Lipinski definition) is 0. The van der Waals surface area contributed by atoms with Crippen LogP contribution in [0.15, 0.2) is 42.6 Å². The molecule has 4 aromatic rings. The quantitative estimate of drug-likeness (QED) is 0.569. The maximum Gasteiger partial charge on any atom is 0.235 e. The number of hydrogen-bond acceptors (Lipinski definition) is 7. The molecule has 0 radical (unpaired) electrons. The first-order valence-corrected chi connectivity index (χ1v) is 7.98. The Kier molecular flexibility index (Phi) is 3.58. The van der Waals surface area contributed by atoms with Gasteiger partial charge in [-0.05, 0) is 24.3 Å². The number of ether oxygens (including phenoxy) is 2. The first-order chi connectivity index (χ1) is 11.8. The summed E-state index contributed by atoms with van der Waals surface area (Å²) in [7, 11) is 3.24. The molecule has 24 heavy (non-hydrogen) atoms. The highest BCUT2D eigenvalue weighted by molar-refractivity contribution is 7.19. The lowest BCUT2D eigenvalue weighted by molar-refractivity contribution is 0.395. The molecule has 3 aromatic heterocycles. The zero-order valence-electron chi connectivity index (χ0n) is 13.0. The first kappa shape index (κ1) is 14.6. The summed E-state index contributed by atoms with van der Waals surface area (Å²) in [6.45, 7) is 0. The van der Waals surface area contributed by atoms with E-state index in [-0.39, 0.29) is 0 Å². The van der Waals surface area contributed by atoms with Crippen molar-refractivity contribution >= 4 is 16.3 Å². The second kappa shape index (κ2) is 5.89. The van der Waals surface area contributed by atoms with Gasteiger partial charge < -0.3 is 9.47 Å². The monoisotopic (exact) mass is 339 g/mol. The summed E-state index contributed by atoms with van der Waals surface area (Å²) in [4.78, 5) is 5.01. The maximum atomic E-state index is 5.46. The van der Waals surface area contributed by atoms with Crippen LogP contribution in [-0.4, -0.2) is 39.0 Å². The Morgan fingerprint density at radius 1 is 1.04 bits per heavy atom. The SMILES string of the molecule is COc1ccc(-c2nn3c(-c4ccccn4)nnc3s2)c(OC)c1. The van der Waals surface area contributed by atoms with E-state index >= 15 is 0 Å². The number of pyridine rings is 1. The molecule has 0 saturated carbocycles. The summed E-state index contributed by atoms with van der Waals surface area (Å²) in [5, 5.41) is 13.8. The van der Waals surface area contributed by atoms with Gasteiger partial charge in [0.05, 0.1) is 19.8 Å². The zero-order valence-corrected chi connectivity index (χ0v) is 13.8. The number of aromatic nitrogens is 5. The van der Waals surface area contributed by atoms with Crippen molar-refractivity contribution < 1.29 is 9.47 Å². The van der Waals surface area contributed by atoms with Crippen LogP contribution in [0.4, 0.5) is 0 Å². The van der Waals surface area contributed by atoms with Crippen molar-refractivity contribution in [2.24, 2.45) is 0 Å². The van der Waals surface area contributed by atoms with Crippen LogP contribution in [0, 0.1) is 0 Å². The van der Waals surface area contributed by atoms with Gasteiger partial charge in [0.25, 0.3) is 0 Å². The van der Waals surface area contributed by atoms with Crippen LogP contribution in [0.2, 0.25) is 0 Å². The molecule has 0 bridgehead atoms. The summed E-state index contributed by atoms with van der Waals surface area (Å²) in [5.74, 6) is 2.03. The third-order valence-corrected chi connectivity index (χ3v) is 4.46. The third kappa shape index (κ3) is 2.37. The summed E-state index contributed by atoms with van der Waals surface area (Å²) in [6.07, 6.45) is 1.72. The fraction of sp³-hybridized carbons (Fsp3) is 0.125. The number of nitrogens with zero attached hydrogens (tertiary/aromatic N) is 5. The molecule has 120 valence electrons. The molecule has 4 rings (SSSR count). The Hall–Kier alpha value is -3.00. The van der Waals surface area contributed by atoms with E-state index in [0.29, 0.717) is 16.5 Å². The average Bonchev–Trinajstić information content (AvgIpc) is 3.22. The molecule has 8 heteroatoms. The second-order valence-corrected chi connectivity index (χ2v) is 5.86. The fourth-order valence-electron chi connectivity index (χ4n) is 2.36.